The van der Waals surface area contributed by atoms with Gasteiger partial charge in [0.2, 0.25) is 5.95 Å². The van der Waals surface area contributed by atoms with Gasteiger partial charge in [-0.25, -0.2) is 4.98 Å². The van der Waals surface area contributed by atoms with Crippen LogP contribution in [0.5, 0.6) is 0 Å². The molecule has 2 aromatic rings. The van der Waals surface area contributed by atoms with Crippen LogP contribution in [0.15, 0.2) is 18.2 Å². The van der Waals surface area contributed by atoms with Crippen LogP contribution in [0.1, 0.15) is 11.1 Å². The Labute approximate surface area is 130 Å². The van der Waals surface area contributed by atoms with E-state index in [0.717, 1.165) is 6.07 Å². The third kappa shape index (κ3) is 2.85. The van der Waals surface area contributed by atoms with E-state index < -0.39 is 11.7 Å². The Morgan fingerprint density at radius 3 is 2.43 bits per heavy atom. The van der Waals surface area contributed by atoms with Gasteiger partial charge in [-0.05, 0) is 34.7 Å². The molecule has 0 amide bonds. The highest BCUT2D eigenvalue weighted by molar-refractivity contribution is 14.1. The summed E-state index contributed by atoms with van der Waals surface area (Å²) < 4.78 is 39.8. The van der Waals surface area contributed by atoms with Crippen LogP contribution in [0, 0.1) is 14.9 Å². The molecule has 2 rings (SSSR count). The van der Waals surface area contributed by atoms with Crippen molar-refractivity contribution in [2.24, 2.45) is 0 Å². The van der Waals surface area contributed by atoms with E-state index >= 15 is 0 Å². The number of hydrogen-bond donors (Lipinski definition) is 2. The Balaban J connectivity index is 2.89. The van der Waals surface area contributed by atoms with Crippen LogP contribution in [0.25, 0.3) is 11.3 Å². The largest absolute Gasteiger partial charge is 0.417 e. The molecule has 0 saturated heterocycles. The Morgan fingerprint density at radius 1 is 1.19 bits per heavy atom. The molecule has 1 heterocycles. The van der Waals surface area contributed by atoms with Gasteiger partial charge < -0.3 is 11.5 Å². The van der Waals surface area contributed by atoms with Crippen molar-refractivity contribution in [3.05, 3.63) is 32.9 Å². The number of rotatable bonds is 1. The number of nitrogens with two attached hydrogens (primary N) is 2. The zero-order valence-electron chi connectivity index (χ0n) is 10.2. The summed E-state index contributed by atoms with van der Waals surface area (Å²) in [6, 6.07) is 5.37. The standard InChI is InChI=1S/C12H7F3IN5/c13-12(14,15)6-2-1-3-7(16)8(6)9-5(4-17)10(18)21-11(19)20-9/h1-3H,(H4,18,19,20,21). The molecule has 0 unspecified atom stereocenters. The second kappa shape index (κ2) is 5.36. The van der Waals surface area contributed by atoms with Gasteiger partial charge in [0.15, 0.2) is 0 Å². The Morgan fingerprint density at radius 2 is 1.86 bits per heavy atom. The van der Waals surface area contributed by atoms with Gasteiger partial charge in [0, 0.05) is 9.13 Å². The highest BCUT2D eigenvalue weighted by Crippen LogP contribution is 2.40. The first-order valence-corrected chi connectivity index (χ1v) is 6.52. The highest BCUT2D eigenvalue weighted by atomic mass is 127. The average Bonchev–Trinajstić information content (AvgIpc) is 2.36. The van der Waals surface area contributed by atoms with Crippen LogP contribution in [0.4, 0.5) is 24.9 Å². The maximum Gasteiger partial charge on any atom is 0.417 e. The summed E-state index contributed by atoms with van der Waals surface area (Å²) in [5.74, 6) is -0.554. The molecule has 0 radical (unpaired) electrons. The summed E-state index contributed by atoms with van der Waals surface area (Å²) in [5.41, 5.74) is 9.37. The van der Waals surface area contributed by atoms with Crippen molar-refractivity contribution in [1.82, 2.24) is 9.97 Å². The quantitative estimate of drug-likeness (QED) is 0.711. The fourth-order valence-electron chi connectivity index (χ4n) is 1.79. The first-order chi connectivity index (χ1) is 9.75. The Bertz CT molecular complexity index is 752. The zero-order valence-corrected chi connectivity index (χ0v) is 12.4. The van der Waals surface area contributed by atoms with E-state index in [-0.39, 0.29) is 32.2 Å². The summed E-state index contributed by atoms with van der Waals surface area (Å²) in [4.78, 5) is 7.36. The van der Waals surface area contributed by atoms with E-state index in [1.807, 2.05) is 0 Å². The molecule has 4 N–H and O–H groups in total. The molecule has 5 nitrogen and oxygen atoms in total. The van der Waals surface area contributed by atoms with E-state index in [2.05, 4.69) is 9.97 Å². The van der Waals surface area contributed by atoms with Crippen LogP contribution < -0.4 is 11.5 Å². The number of hydrogen-bond acceptors (Lipinski definition) is 5. The van der Waals surface area contributed by atoms with Crippen molar-refractivity contribution < 1.29 is 13.2 Å². The van der Waals surface area contributed by atoms with Gasteiger partial charge in [-0.2, -0.15) is 23.4 Å². The number of anilines is 2. The second-order valence-corrected chi connectivity index (χ2v) is 5.12. The fourth-order valence-corrected chi connectivity index (χ4v) is 2.54. The molecule has 0 bridgehead atoms. The summed E-state index contributed by atoms with van der Waals surface area (Å²) in [7, 11) is 0. The minimum atomic E-state index is -4.60. The van der Waals surface area contributed by atoms with Crippen LogP contribution in [-0.4, -0.2) is 9.97 Å². The first-order valence-electron chi connectivity index (χ1n) is 5.45. The fraction of sp³-hybridized carbons (Fsp3) is 0.0833. The predicted octanol–water partition coefficient (Wildman–Crippen LogP) is 2.80. The SMILES string of the molecule is N#Cc1c(N)nc(N)nc1-c1c(I)cccc1C(F)(F)F. The van der Waals surface area contributed by atoms with Gasteiger partial charge in [-0.1, -0.05) is 6.07 Å². The minimum Gasteiger partial charge on any atom is -0.382 e. The van der Waals surface area contributed by atoms with Gasteiger partial charge in [0.1, 0.15) is 17.5 Å². The molecule has 9 heteroatoms. The van der Waals surface area contributed by atoms with E-state index in [4.69, 9.17) is 16.7 Å². The van der Waals surface area contributed by atoms with Crippen LogP contribution in [0.2, 0.25) is 0 Å². The topological polar surface area (TPSA) is 102 Å². The van der Waals surface area contributed by atoms with E-state index in [9.17, 15) is 13.2 Å². The zero-order chi connectivity index (χ0) is 15.8. The first kappa shape index (κ1) is 15.3. The molecule has 1 aromatic carbocycles. The molecule has 21 heavy (non-hydrogen) atoms. The lowest BCUT2D eigenvalue weighted by atomic mass is 10.0. The van der Waals surface area contributed by atoms with Crippen LogP contribution in [0.3, 0.4) is 0 Å². The Hall–Kier alpha value is -2.09. The minimum absolute atomic E-state index is 0.222. The number of aromatic nitrogens is 2. The average molecular weight is 405 g/mol. The van der Waals surface area contributed by atoms with Crippen molar-refractivity contribution in [3.8, 4) is 17.3 Å². The van der Waals surface area contributed by atoms with Gasteiger partial charge in [-0.15, -0.1) is 0 Å². The van der Waals surface area contributed by atoms with Gasteiger partial charge >= 0.3 is 6.18 Å². The van der Waals surface area contributed by atoms with Crippen LogP contribution >= 0.6 is 22.6 Å². The molecule has 0 fully saturated rings. The van der Waals surface area contributed by atoms with Crippen molar-refractivity contribution in [3.63, 3.8) is 0 Å². The molecule has 108 valence electrons. The third-order valence-corrected chi connectivity index (χ3v) is 3.52. The predicted molar refractivity (Wildman–Crippen MR) is 78.7 cm³/mol. The molecule has 0 aliphatic heterocycles. The van der Waals surface area contributed by atoms with Gasteiger partial charge in [-0.3, -0.25) is 0 Å². The van der Waals surface area contributed by atoms with E-state index in [1.54, 1.807) is 28.7 Å². The Kier molecular flexibility index (Phi) is 3.91. The smallest absolute Gasteiger partial charge is 0.382 e. The second-order valence-electron chi connectivity index (χ2n) is 3.96. The monoisotopic (exact) mass is 405 g/mol. The lowest BCUT2D eigenvalue weighted by Gasteiger charge is -2.15. The third-order valence-electron chi connectivity index (χ3n) is 2.62. The lowest BCUT2D eigenvalue weighted by molar-refractivity contribution is -0.137. The summed E-state index contributed by atoms with van der Waals surface area (Å²) in [5, 5.41) is 9.10. The van der Waals surface area contributed by atoms with Crippen molar-refractivity contribution in [2.45, 2.75) is 6.18 Å². The highest BCUT2D eigenvalue weighted by Gasteiger charge is 2.35. The van der Waals surface area contributed by atoms with Crippen molar-refractivity contribution in [2.75, 3.05) is 11.5 Å². The molecule has 0 spiro atoms. The summed E-state index contributed by atoms with van der Waals surface area (Å²) in [6.07, 6.45) is -4.60. The van der Waals surface area contributed by atoms with E-state index in [0.29, 0.717) is 0 Å². The molecular formula is C12H7F3IN5. The number of halogens is 4. The number of nitrogens with zero attached hydrogens (tertiary/aromatic N) is 3. The van der Waals surface area contributed by atoms with Crippen LogP contribution in [-0.2, 0) is 6.18 Å². The van der Waals surface area contributed by atoms with Gasteiger partial charge in [0.05, 0.1) is 11.3 Å². The normalized spacial score (nSPS) is 11.2. The molecule has 0 atom stereocenters. The molecular weight excluding hydrogens is 398 g/mol. The van der Waals surface area contributed by atoms with E-state index in [1.165, 1.54) is 12.1 Å². The molecule has 0 aliphatic rings. The van der Waals surface area contributed by atoms with Gasteiger partial charge in [0.25, 0.3) is 0 Å². The number of nitriles is 1. The summed E-state index contributed by atoms with van der Waals surface area (Å²) >= 11 is 1.73. The maximum absolute atomic E-state index is 13.2. The number of benzene rings is 1. The van der Waals surface area contributed by atoms with Crippen molar-refractivity contribution >= 4 is 34.4 Å². The molecule has 1 aromatic heterocycles. The number of nitrogen functional groups attached to an aromatic ring is 2. The summed E-state index contributed by atoms with van der Waals surface area (Å²) in [6.45, 7) is 0. The lowest BCUT2D eigenvalue weighted by Crippen LogP contribution is -2.11. The molecule has 0 saturated carbocycles. The maximum atomic E-state index is 13.2. The number of alkyl halides is 3. The molecule has 0 aliphatic carbocycles. The van der Waals surface area contributed by atoms with Crippen molar-refractivity contribution in [1.29, 1.82) is 5.26 Å².